The number of aliphatic hydroxyl groups excluding tert-OH is 1. The van der Waals surface area contributed by atoms with E-state index in [-0.39, 0.29) is 6.10 Å². The quantitative estimate of drug-likeness (QED) is 0.603. The standard InChI is InChI=1S/C16H33N3O2/c1-21-11-6-17-12-16(20)14-19-9-4-15(5-10-19)13-18-7-2-3-8-18/h15-17,20H,2-14H2,1H3. The predicted octanol–water partition coefficient (Wildman–Crippen LogP) is 0.391. The van der Waals surface area contributed by atoms with E-state index in [1.807, 2.05) is 0 Å². The molecule has 0 aliphatic carbocycles. The van der Waals surface area contributed by atoms with E-state index >= 15 is 0 Å². The molecule has 1 unspecified atom stereocenters. The van der Waals surface area contributed by atoms with Crippen LogP contribution in [0.4, 0.5) is 0 Å². The van der Waals surface area contributed by atoms with Gasteiger partial charge in [-0.05, 0) is 57.8 Å². The van der Waals surface area contributed by atoms with Gasteiger partial charge in [-0.1, -0.05) is 0 Å². The molecule has 0 radical (unpaired) electrons. The molecule has 0 aromatic carbocycles. The van der Waals surface area contributed by atoms with Crippen molar-refractivity contribution in [2.45, 2.75) is 31.8 Å². The Morgan fingerprint density at radius 3 is 2.52 bits per heavy atom. The summed E-state index contributed by atoms with van der Waals surface area (Å²) in [6.07, 6.45) is 5.10. The van der Waals surface area contributed by atoms with Crippen LogP contribution in [0.25, 0.3) is 0 Å². The molecular weight excluding hydrogens is 266 g/mol. The van der Waals surface area contributed by atoms with Crippen LogP contribution >= 0.6 is 0 Å². The second-order valence-corrected chi connectivity index (χ2v) is 6.60. The van der Waals surface area contributed by atoms with Crippen molar-refractivity contribution in [3.05, 3.63) is 0 Å². The lowest BCUT2D eigenvalue weighted by Crippen LogP contribution is -2.44. The van der Waals surface area contributed by atoms with Gasteiger partial charge in [0.2, 0.25) is 0 Å². The fourth-order valence-electron chi connectivity index (χ4n) is 3.49. The lowest BCUT2D eigenvalue weighted by Gasteiger charge is -2.34. The first-order chi connectivity index (χ1) is 10.3. The van der Waals surface area contributed by atoms with E-state index < -0.39 is 0 Å². The van der Waals surface area contributed by atoms with E-state index in [0.717, 1.165) is 32.1 Å². The minimum Gasteiger partial charge on any atom is -0.390 e. The largest absolute Gasteiger partial charge is 0.390 e. The maximum Gasteiger partial charge on any atom is 0.0791 e. The Labute approximate surface area is 129 Å². The van der Waals surface area contributed by atoms with Gasteiger partial charge in [-0.3, -0.25) is 0 Å². The average molecular weight is 299 g/mol. The van der Waals surface area contributed by atoms with Crippen molar-refractivity contribution in [2.75, 3.05) is 66.1 Å². The van der Waals surface area contributed by atoms with Crippen molar-refractivity contribution in [3.63, 3.8) is 0 Å². The van der Waals surface area contributed by atoms with Gasteiger partial charge in [0.05, 0.1) is 12.7 Å². The molecule has 2 aliphatic rings. The van der Waals surface area contributed by atoms with Gasteiger partial charge in [0, 0.05) is 33.3 Å². The first kappa shape index (κ1) is 17.2. The van der Waals surface area contributed by atoms with Crippen molar-refractivity contribution in [1.29, 1.82) is 0 Å². The smallest absolute Gasteiger partial charge is 0.0791 e. The van der Waals surface area contributed by atoms with Gasteiger partial charge >= 0.3 is 0 Å². The maximum atomic E-state index is 10.0. The second-order valence-electron chi connectivity index (χ2n) is 6.60. The summed E-state index contributed by atoms with van der Waals surface area (Å²) >= 11 is 0. The van der Waals surface area contributed by atoms with Gasteiger partial charge in [-0.15, -0.1) is 0 Å². The van der Waals surface area contributed by atoms with Crippen LogP contribution in [0.2, 0.25) is 0 Å². The summed E-state index contributed by atoms with van der Waals surface area (Å²) in [7, 11) is 1.70. The zero-order valence-electron chi connectivity index (χ0n) is 13.6. The molecule has 2 N–H and O–H groups in total. The Kier molecular flexibility index (Phi) is 7.96. The highest BCUT2D eigenvalue weighted by atomic mass is 16.5. The zero-order valence-corrected chi connectivity index (χ0v) is 13.6. The number of nitrogens with one attached hydrogen (secondary N) is 1. The topological polar surface area (TPSA) is 48.0 Å². The summed E-state index contributed by atoms with van der Waals surface area (Å²) in [5, 5.41) is 13.3. The molecule has 2 rings (SSSR count). The van der Waals surface area contributed by atoms with Gasteiger partial charge < -0.3 is 25.0 Å². The molecule has 124 valence electrons. The van der Waals surface area contributed by atoms with Crippen molar-refractivity contribution < 1.29 is 9.84 Å². The SMILES string of the molecule is COCCNCC(O)CN1CCC(CN2CCCC2)CC1. The van der Waals surface area contributed by atoms with Crippen molar-refractivity contribution in [1.82, 2.24) is 15.1 Å². The van der Waals surface area contributed by atoms with E-state index in [9.17, 15) is 5.11 Å². The van der Waals surface area contributed by atoms with E-state index in [1.54, 1.807) is 7.11 Å². The Hall–Kier alpha value is -0.200. The van der Waals surface area contributed by atoms with Gasteiger partial charge in [0.15, 0.2) is 0 Å². The highest BCUT2D eigenvalue weighted by Gasteiger charge is 2.23. The molecule has 21 heavy (non-hydrogen) atoms. The Morgan fingerprint density at radius 2 is 1.86 bits per heavy atom. The van der Waals surface area contributed by atoms with Crippen LogP contribution in [0.15, 0.2) is 0 Å². The minimum absolute atomic E-state index is 0.267. The molecule has 0 aromatic heterocycles. The van der Waals surface area contributed by atoms with E-state index in [0.29, 0.717) is 13.2 Å². The number of rotatable bonds is 9. The van der Waals surface area contributed by atoms with Crippen LogP contribution in [0, 0.1) is 5.92 Å². The van der Waals surface area contributed by atoms with Gasteiger partial charge in [-0.2, -0.15) is 0 Å². The predicted molar refractivity (Wildman–Crippen MR) is 85.6 cm³/mol. The lowest BCUT2D eigenvalue weighted by molar-refractivity contribution is 0.0812. The number of nitrogens with zero attached hydrogens (tertiary/aromatic N) is 2. The van der Waals surface area contributed by atoms with E-state index in [1.165, 1.54) is 45.3 Å². The van der Waals surface area contributed by atoms with E-state index in [2.05, 4.69) is 15.1 Å². The molecule has 0 bridgehead atoms. The van der Waals surface area contributed by atoms with Crippen LogP contribution in [-0.4, -0.2) is 87.1 Å². The molecular formula is C16H33N3O2. The number of hydrogen-bond acceptors (Lipinski definition) is 5. The van der Waals surface area contributed by atoms with Crippen molar-refractivity contribution in [3.8, 4) is 0 Å². The monoisotopic (exact) mass is 299 g/mol. The number of piperidine rings is 1. The number of methoxy groups -OCH3 is 1. The van der Waals surface area contributed by atoms with Crippen molar-refractivity contribution in [2.24, 2.45) is 5.92 Å². The van der Waals surface area contributed by atoms with Gasteiger partial charge in [-0.25, -0.2) is 0 Å². The summed E-state index contributed by atoms with van der Waals surface area (Å²) in [5.74, 6) is 0.872. The number of hydrogen-bond donors (Lipinski definition) is 2. The molecule has 2 heterocycles. The third-order valence-corrected chi connectivity index (χ3v) is 4.75. The highest BCUT2D eigenvalue weighted by molar-refractivity contribution is 4.78. The van der Waals surface area contributed by atoms with Gasteiger partial charge in [0.1, 0.15) is 0 Å². The fraction of sp³-hybridized carbons (Fsp3) is 1.00. The number of ether oxygens (including phenoxy) is 1. The Balaban J connectivity index is 1.53. The molecule has 0 saturated carbocycles. The molecule has 2 aliphatic heterocycles. The third-order valence-electron chi connectivity index (χ3n) is 4.75. The molecule has 0 spiro atoms. The Morgan fingerprint density at radius 1 is 1.14 bits per heavy atom. The first-order valence-electron chi connectivity index (χ1n) is 8.60. The Bertz CT molecular complexity index is 264. The van der Waals surface area contributed by atoms with Crippen LogP contribution in [0.3, 0.4) is 0 Å². The van der Waals surface area contributed by atoms with Crippen LogP contribution in [0.5, 0.6) is 0 Å². The van der Waals surface area contributed by atoms with Crippen molar-refractivity contribution >= 4 is 0 Å². The van der Waals surface area contributed by atoms with E-state index in [4.69, 9.17) is 4.74 Å². The third kappa shape index (κ3) is 6.61. The summed E-state index contributed by atoms with van der Waals surface area (Å²) in [6, 6.07) is 0. The average Bonchev–Trinajstić information content (AvgIpc) is 2.99. The summed E-state index contributed by atoms with van der Waals surface area (Å²) in [6.45, 7) is 9.20. The highest BCUT2D eigenvalue weighted by Crippen LogP contribution is 2.20. The first-order valence-corrected chi connectivity index (χ1v) is 8.60. The maximum absolute atomic E-state index is 10.0. The second kappa shape index (κ2) is 9.74. The number of β-amino-alcohol motifs (C(OH)–C–C–N with tert-alkyl or cyclic N) is 1. The summed E-state index contributed by atoms with van der Waals surface area (Å²) < 4.78 is 4.98. The molecule has 0 aromatic rings. The molecule has 5 heteroatoms. The lowest BCUT2D eigenvalue weighted by atomic mass is 9.96. The number of likely N-dealkylation sites (tertiary alicyclic amines) is 2. The van der Waals surface area contributed by atoms with Gasteiger partial charge in [0.25, 0.3) is 0 Å². The number of aliphatic hydroxyl groups is 1. The molecule has 0 amide bonds. The van der Waals surface area contributed by atoms with Crippen LogP contribution in [0.1, 0.15) is 25.7 Å². The van der Waals surface area contributed by atoms with Crippen LogP contribution in [-0.2, 0) is 4.74 Å². The molecule has 5 nitrogen and oxygen atoms in total. The molecule has 2 saturated heterocycles. The molecule has 1 atom stereocenters. The fourth-order valence-corrected chi connectivity index (χ4v) is 3.49. The summed E-state index contributed by atoms with van der Waals surface area (Å²) in [4.78, 5) is 5.05. The molecule has 2 fully saturated rings. The zero-order chi connectivity index (χ0) is 14.9. The van der Waals surface area contributed by atoms with Crippen LogP contribution < -0.4 is 5.32 Å². The minimum atomic E-state index is -0.267. The summed E-state index contributed by atoms with van der Waals surface area (Å²) in [5.41, 5.74) is 0. The normalized spacial score (nSPS) is 23.7.